The second kappa shape index (κ2) is 5.59. The normalized spacial score (nSPS) is 38.6. The molecule has 0 aromatic carbocycles. The third-order valence-electron chi connectivity index (χ3n) is 2.07. The van der Waals surface area contributed by atoms with E-state index in [1.807, 2.05) is 0 Å². The first kappa shape index (κ1) is 11.8. The van der Waals surface area contributed by atoms with Crippen LogP contribution in [0.3, 0.4) is 0 Å². The lowest BCUT2D eigenvalue weighted by molar-refractivity contribution is -0.277. The summed E-state index contributed by atoms with van der Waals surface area (Å²) in [5.74, 6) is 0. The van der Waals surface area contributed by atoms with Crippen LogP contribution in [0.1, 0.15) is 0 Å². The second-order valence-corrected chi connectivity index (χ2v) is 3.03. The smallest absolute Gasteiger partial charge is 0.185 e. The third kappa shape index (κ3) is 2.63. The molecule has 84 valence electrons. The van der Waals surface area contributed by atoms with Crippen molar-refractivity contribution in [2.24, 2.45) is 0 Å². The maximum atomic E-state index is 9.58. The summed E-state index contributed by atoms with van der Waals surface area (Å²) < 4.78 is 19.7. The Kier molecular flexibility index (Phi) is 4.73. The summed E-state index contributed by atoms with van der Waals surface area (Å²) in [7, 11) is 2.88. The first-order valence-corrected chi connectivity index (χ1v) is 4.31. The molecule has 0 amide bonds. The Hall–Kier alpha value is -0.240. The highest BCUT2D eigenvalue weighted by atomic mass is 16.7. The lowest BCUT2D eigenvalue weighted by Gasteiger charge is -2.36. The van der Waals surface area contributed by atoms with Crippen LogP contribution in [0.15, 0.2) is 0 Å². The molecule has 6 nitrogen and oxygen atoms in total. The van der Waals surface area contributed by atoms with Crippen molar-refractivity contribution < 1.29 is 29.2 Å². The van der Waals surface area contributed by atoms with Gasteiger partial charge in [0.25, 0.3) is 0 Å². The fourth-order valence-electron chi connectivity index (χ4n) is 1.28. The van der Waals surface area contributed by atoms with E-state index in [1.54, 1.807) is 0 Å². The monoisotopic (exact) mass is 208 g/mol. The van der Waals surface area contributed by atoms with Crippen LogP contribution in [0.25, 0.3) is 0 Å². The quantitative estimate of drug-likeness (QED) is 0.559. The molecule has 0 aromatic rings. The van der Waals surface area contributed by atoms with E-state index in [0.29, 0.717) is 0 Å². The van der Waals surface area contributed by atoms with E-state index < -0.39 is 24.6 Å². The second-order valence-electron chi connectivity index (χ2n) is 3.03. The van der Waals surface area contributed by atoms with Crippen molar-refractivity contribution in [1.29, 1.82) is 0 Å². The molecular formula is C8H16O6. The van der Waals surface area contributed by atoms with Crippen molar-refractivity contribution >= 4 is 0 Å². The molecule has 1 aliphatic heterocycles. The Morgan fingerprint density at radius 2 is 2.00 bits per heavy atom. The summed E-state index contributed by atoms with van der Waals surface area (Å²) >= 11 is 0. The van der Waals surface area contributed by atoms with E-state index in [0.717, 1.165) is 0 Å². The maximum absolute atomic E-state index is 9.58. The van der Waals surface area contributed by atoms with Crippen molar-refractivity contribution in [1.82, 2.24) is 0 Å². The van der Waals surface area contributed by atoms with Gasteiger partial charge in [0.15, 0.2) is 6.29 Å². The molecule has 1 heterocycles. The van der Waals surface area contributed by atoms with Crippen molar-refractivity contribution in [3.8, 4) is 0 Å². The van der Waals surface area contributed by atoms with Gasteiger partial charge in [-0.15, -0.1) is 0 Å². The Labute approximate surface area is 82.3 Å². The van der Waals surface area contributed by atoms with E-state index in [-0.39, 0.29) is 13.4 Å². The van der Waals surface area contributed by atoms with Crippen molar-refractivity contribution in [2.75, 3.05) is 27.6 Å². The number of rotatable bonds is 4. The minimum absolute atomic E-state index is 0.0510. The summed E-state index contributed by atoms with van der Waals surface area (Å²) in [6, 6.07) is 0. The number of methoxy groups -OCH3 is 2. The summed E-state index contributed by atoms with van der Waals surface area (Å²) in [5, 5.41) is 19.1. The average Bonchev–Trinajstić information content (AvgIpc) is 2.20. The van der Waals surface area contributed by atoms with Gasteiger partial charge in [0.2, 0.25) is 0 Å². The van der Waals surface area contributed by atoms with Gasteiger partial charge >= 0.3 is 0 Å². The van der Waals surface area contributed by atoms with E-state index >= 15 is 0 Å². The predicted octanol–water partition coefficient (Wildman–Crippen LogP) is -1.30. The maximum Gasteiger partial charge on any atom is 0.185 e. The molecule has 0 unspecified atom stereocenters. The van der Waals surface area contributed by atoms with Crippen LogP contribution in [0.5, 0.6) is 0 Å². The van der Waals surface area contributed by atoms with Gasteiger partial charge in [0.05, 0.1) is 6.61 Å². The van der Waals surface area contributed by atoms with Gasteiger partial charge in [-0.2, -0.15) is 0 Å². The molecular weight excluding hydrogens is 192 g/mol. The SMILES string of the molecule is COCO[C@@H]1CO[C@H](OC)[C@H](O)[C@H]1O. The standard InChI is InChI=1S/C8H16O6/c1-11-4-14-5-3-13-8(12-2)7(10)6(5)9/h5-10H,3-4H2,1-2H3/t5-,6+,7-,8+/m1/s1. The van der Waals surface area contributed by atoms with Crippen LogP contribution in [0.2, 0.25) is 0 Å². The van der Waals surface area contributed by atoms with Crippen molar-refractivity contribution in [3.05, 3.63) is 0 Å². The van der Waals surface area contributed by atoms with E-state index in [9.17, 15) is 10.2 Å². The number of hydrogen-bond acceptors (Lipinski definition) is 6. The zero-order valence-electron chi connectivity index (χ0n) is 8.25. The number of aliphatic hydroxyl groups excluding tert-OH is 2. The molecule has 14 heavy (non-hydrogen) atoms. The van der Waals surface area contributed by atoms with Gasteiger partial charge in [-0.1, -0.05) is 0 Å². The molecule has 6 heteroatoms. The Morgan fingerprint density at radius 1 is 1.29 bits per heavy atom. The molecule has 0 bridgehead atoms. The van der Waals surface area contributed by atoms with Crippen LogP contribution < -0.4 is 0 Å². The van der Waals surface area contributed by atoms with Gasteiger partial charge in [-0.05, 0) is 0 Å². The lowest BCUT2D eigenvalue weighted by atomic mass is 10.1. The molecule has 0 radical (unpaired) electrons. The van der Waals surface area contributed by atoms with Gasteiger partial charge in [-0.3, -0.25) is 0 Å². The largest absolute Gasteiger partial charge is 0.387 e. The Morgan fingerprint density at radius 3 is 2.57 bits per heavy atom. The fourth-order valence-corrected chi connectivity index (χ4v) is 1.28. The molecule has 1 fully saturated rings. The lowest BCUT2D eigenvalue weighted by Crippen LogP contribution is -2.54. The number of aliphatic hydroxyl groups is 2. The van der Waals surface area contributed by atoms with E-state index in [4.69, 9.17) is 14.2 Å². The van der Waals surface area contributed by atoms with Crippen LogP contribution in [-0.2, 0) is 18.9 Å². The summed E-state index contributed by atoms with van der Waals surface area (Å²) in [5.41, 5.74) is 0. The molecule has 0 aromatic heterocycles. The molecule has 0 spiro atoms. The minimum atomic E-state index is -1.10. The highest BCUT2D eigenvalue weighted by Crippen LogP contribution is 2.18. The van der Waals surface area contributed by atoms with Crippen LogP contribution >= 0.6 is 0 Å². The van der Waals surface area contributed by atoms with Gasteiger partial charge in [0.1, 0.15) is 25.1 Å². The van der Waals surface area contributed by atoms with Crippen molar-refractivity contribution in [2.45, 2.75) is 24.6 Å². The molecule has 4 atom stereocenters. The molecule has 1 saturated heterocycles. The minimum Gasteiger partial charge on any atom is -0.387 e. The summed E-state index contributed by atoms with van der Waals surface area (Å²) in [4.78, 5) is 0. The number of ether oxygens (including phenoxy) is 4. The molecule has 0 aliphatic carbocycles. The summed E-state index contributed by atoms with van der Waals surface area (Å²) in [6.07, 6.45) is -3.51. The topological polar surface area (TPSA) is 77.4 Å². The zero-order valence-corrected chi connectivity index (χ0v) is 8.25. The molecule has 1 aliphatic rings. The van der Waals surface area contributed by atoms with Crippen molar-refractivity contribution in [3.63, 3.8) is 0 Å². The fraction of sp³-hybridized carbons (Fsp3) is 1.00. The molecule has 2 N–H and O–H groups in total. The van der Waals surface area contributed by atoms with Gasteiger partial charge < -0.3 is 29.2 Å². The van der Waals surface area contributed by atoms with E-state index in [1.165, 1.54) is 14.2 Å². The summed E-state index contributed by atoms with van der Waals surface area (Å²) in [6.45, 7) is 0.218. The first-order chi connectivity index (χ1) is 6.70. The van der Waals surface area contributed by atoms with Crippen LogP contribution in [-0.4, -0.2) is 62.4 Å². The van der Waals surface area contributed by atoms with E-state index in [2.05, 4.69) is 4.74 Å². The highest BCUT2D eigenvalue weighted by Gasteiger charge is 2.39. The van der Waals surface area contributed by atoms with Gasteiger partial charge in [0, 0.05) is 14.2 Å². The first-order valence-electron chi connectivity index (χ1n) is 4.31. The molecule has 1 rings (SSSR count). The highest BCUT2D eigenvalue weighted by molar-refractivity contribution is 4.83. The molecule has 0 saturated carbocycles. The Balaban J connectivity index is 2.42. The van der Waals surface area contributed by atoms with Gasteiger partial charge in [-0.25, -0.2) is 0 Å². The third-order valence-corrected chi connectivity index (χ3v) is 2.07. The Bertz CT molecular complexity index is 164. The average molecular weight is 208 g/mol. The number of hydrogen-bond donors (Lipinski definition) is 2. The zero-order chi connectivity index (χ0) is 10.6. The van der Waals surface area contributed by atoms with Crippen LogP contribution in [0.4, 0.5) is 0 Å². The van der Waals surface area contributed by atoms with Crippen LogP contribution in [0, 0.1) is 0 Å². The predicted molar refractivity (Wildman–Crippen MR) is 45.5 cm³/mol.